The van der Waals surface area contributed by atoms with Crippen molar-refractivity contribution in [1.29, 1.82) is 0 Å². The maximum absolute atomic E-state index is 5.93. The molecular weight excluding hydrogens is 341 g/mol. The van der Waals surface area contributed by atoms with E-state index in [1.54, 1.807) is 7.11 Å². The van der Waals surface area contributed by atoms with Crippen molar-refractivity contribution >= 4 is 28.4 Å². The number of aromatic nitrogens is 2. The van der Waals surface area contributed by atoms with E-state index in [4.69, 9.17) is 10.5 Å². The first-order valence-corrected chi connectivity index (χ1v) is 6.66. The number of hydrogen-bond acceptors (Lipinski definition) is 4. The predicted molar refractivity (Wildman–Crippen MR) is 80.2 cm³/mol. The van der Waals surface area contributed by atoms with E-state index in [0.29, 0.717) is 24.7 Å². The Bertz CT molecular complexity index is 531. The van der Waals surface area contributed by atoms with Crippen LogP contribution in [0.4, 0.5) is 5.82 Å². The minimum atomic E-state index is 0.524. The fourth-order valence-corrected chi connectivity index (χ4v) is 2.16. The Morgan fingerprint density at radius 1 is 1.22 bits per heavy atom. The molecule has 1 aromatic carbocycles. The van der Waals surface area contributed by atoms with Gasteiger partial charge in [-0.05, 0) is 22.6 Å². The number of nitrogens with two attached hydrogens (primary N) is 1. The highest BCUT2D eigenvalue weighted by molar-refractivity contribution is 14.1. The molecule has 1 heterocycles. The Morgan fingerprint density at radius 2 is 1.94 bits per heavy atom. The van der Waals surface area contributed by atoms with Gasteiger partial charge in [0.2, 0.25) is 0 Å². The predicted octanol–water partition coefficient (Wildman–Crippen LogP) is 2.52. The Hall–Kier alpha value is -1.21. The first-order chi connectivity index (χ1) is 8.72. The molecule has 0 atom stereocenters. The summed E-state index contributed by atoms with van der Waals surface area (Å²) in [5, 5.41) is 0. The Balaban J connectivity index is 2.43. The monoisotopic (exact) mass is 355 g/mol. The first kappa shape index (κ1) is 13.2. The molecule has 0 radical (unpaired) electrons. The average Bonchev–Trinajstić information content (AvgIpc) is 2.41. The maximum atomic E-state index is 5.93. The van der Waals surface area contributed by atoms with Crippen LogP contribution in [0.1, 0.15) is 5.82 Å². The molecule has 0 aliphatic carbocycles. The topological polar surface area (TPSA) is 61.0 Å². The molecule has 18 heavy (non-hydrogen) atoms. The van der Waals surface area contributed by atoms with Crippen molar-refractivity contribution in [3.63, 3.8) is 0 Å². The van der Waals surface area contributed by atoms with Gasteiger partial charge < -0.3 is 10.5 Å². The molecule has 0 saturated heterocycles. The number of rotatable bonds is 4. The van der Waals surface area contributed by atoms with Crippen LogP contribution >= 0.6 is 22.6 Å². The molecule has 0 spiro atoms. The van der Waals surface area contributed by atoms with Gasteiger partial charge in [-0.3, -0.25) is 0 Å². The van der Waals surface area contributed by atoms with Crippen molar-refractivity contribution in [2.75, 3.05) is 19.5 Å². The highest BCUT2D eigenvalue weighted by Crippen LogP contribution is 2.26. The molecule has 0 fully saturated rings. The van der Waals surface area contributed by atoms with Gasteiger partial charge in [-0.15, -0.1) is 0 Å². The number of halogens is 1. The van der Waals surface area contributed by atoms with Gasteiger partial charge in [0.05, 0.1) is 15.9 Å². The Labute approximate surface area is 120 Å². The molecule has 0 bridgehead atoms. The summed E-state index contributed by atoms with van der Waals surface area (Å²) in [4.78, 5) is 8.84. The number of methoxy groups -OCH3 is 1. The van der Waals surface area contributed by atoms with Crippen LogP contribution in [0.3, 0.4) is 0 Å². The second kappa shape index (κ2) is 6.10. The summed E-state index contributed by atoms with van der Waals surface area (Å²) in [5.74, 6) is 1.24. The minimum absolute atomic E-state index is 0.524. The molecule has 5 heteroatoms. The van der Waals surface area contributed by atoms with Crippen molar-refractivity contribution in [3.05, 3.63) is 39.7 Å². The van der Waals surface area contributed by atoms with E-state index in [2.05, 4.69) is 32.6 Å². The van der Waals surface area contributed by atoms with Gasteiger partial charge in [-0.2, -0.15) is 0 Å². The number of hydrogen-bond donors (Lipinski definition) is 1. The van der Waals surface area contributed by atoms with Crippen molar-refractivity contribution < 1.29 is 4.74 Å². The van der Waals surface area contributed by atoms with Crippen LogP contribution in [-0.4, -0.2) is 23.7 Å². The van der Waals surface area contributed by atoms with Gasteiger partial charge in [0.1, 0.15) is 11.6 Å². The van der Waals surface area contributed by atoms with Crippen LogP contribution in [0.25, 0.3) is 11.3 Å². The van der Waals surface area contributed by atoms with E-state index < -0.39 is 0 Å². The third-order valence-corrected chi connectivity index (χ3v) is 3.56. The van der Waals surface area contributed by atoms with Gasteiger partial charge in [0, 0.05) is 19.1 Å². The lowest BCUT2D eigenvalue weighted by atomic mass is 10.1. The molecule has 0 aliphatic rings. The molecule has 1 aromatic heterocycles. The number of benzene rings is 1. The summed E-state index contributed by atoms with van der Waals surface area (Å²) in [6.45, 7) is 0.592. The molecule has 2 aromatic rings. The van der Waals surface area contributed by atoms with Gasteiger partial charge in [-0.1, -0.05) is 30.3 Å². The third-order valence-electron chi connectivity index (χ3n) is 2.50. The highest BCUT2D eigenvalue weighted by Gasteiger charge is 2.11. The standard InChI is InChI=1S/C13H14IN3O/c1-18-8-7-10-16-12(11(14)13(15)17-10)9-5-3-2-4-6-9/h2-6H,7-8H2,1H3,(H2,15,16,17). The van der Waals surface area contributed by atoms with Crippen LogP contribution < -0.4 is 5.73 Å². The van der Waals surface area contributed by atoms with Crippen LogP contribution in [0.15, 0.2) is 30.3 Å². The molecule has 2 rings (SSSR count). The van der Waals surface area contributed by atoms with Crippen molar-refractivity contribution in [1.82, 2.24) is 9.97 Å². The molecule has 0 saturated carbocycles. The number of anilines is 1. The Kier molecular flexibility index (Phi) is 4.48. The van der Waals surface area contributed by atoms with Crippen molar-refractivity contribution in [2.45, 2.75) is 6.42 Å². The van der Waals surface area contributed by atoms with Crippen molar-refractivity contribution in [3.8, 4) is 11.3 Å². The van der Waals surface area contributed by atoms with Gasteiger partial charge in [0.25, 0.3) is 0 Å². The van der Waals surface area contributed by atoms with Crippen LogP contribution in [0.2, 0.25) is 0 Å². The Morgan fingerprint density at radius 3 is 2.61 bits per heavy atom. The molecule has 94 valence electrons. The zero-order chi connectivity index (χ0) is 13.0. The molecule has 4 nitrogen and oxygen atoms in total. The van der Waals surface area contributed by atoms with Crippen LogP contribution in [0.5, 0.6) is 0 Å². The second-order valence-corrected chi connectivity index (χ2v) is 4.88. The minimum Gasteiger partial charge on any atom is -0.384 e. The van der Waals surface area contributed by atoms with E-state index >= 15 is 0 Å². The first-order valence-electron chi connectivity index (χ1n) is 5.58. The van der Waals surface area contributed by atoms with E-state index in [-0.39, 0.29) is 0 Å². The average molecular weight is 355 g/mol. The summed E-state index contributed by atoms with van der Waals surface area (Å²) >= 11 is 2.18. The molecular formula is C13H14IN3O. The normalized spacial score (nSPS) is 10.6. The lowest BCUT2D eigenvalue weighted by molar-refractivity contribution is 0.200. The summed E-state index contributed by atoms with van der Waals surface area (Å²) < 4.78 is 5.93. The lowest BCUT2D eigenvalue weighted by Crippen LogP contribution is -2.07. The zero-order valence-corrected chi connectivity index (χ0v) is 12.2. The smallest absolute Gasteiger partial charge is 0.141 e. The number of ether oxygens (including phenoxy) is 1. The molecule has 0 unspecified atom stereocenters. The highest BCUT2D eigenvalue weighted by atomic mass is 127. The largest absolute Gasteiger partial charge is 0.384 e. The summed E-state index contributed by atoms with van der Waals surface area (Å²) in [6.07, 6.45) is 0.664. The quantitative estimate of drug-likeness (QED) is 0.857. The van der Waals surface area contributed by atoms with Gasteiger partial charge in [0.15, 0.2) is 0 Å². The molecule has 0 amide bonds. The summed E-state index contributed by atoms with van der Waals surface area (Å²) in [7, 11) is 1.66. The fourth-order valence-electron chi connectivity index (χ4n) is 1.61. The second-order valence-electron chi connectivity index (χ2n) is 3.80. The molecule has 0 aliphatic heterocycles. The maximum Gasteiger partial charge on any atom is 0.141 e. The fraction of sp³-hybridized carbons (Fsp3) is 0.231. The van der Waals surface area contributed by atoms with Crippen LogP contribution in [-0.2, 0) is 11.2 Å². The van der Waals surface area contributed by atoms with E-state index in [0.717, 1.165) is 14.8 Å². The van der Waals surface area contributed by atoms with E-state index in [1.807, 2.05) is 30.3 Å². The molecule has 2 N–H and O–H groups in total. The summed E-state index contributed by atoms with van der Waals surface area (Å²) in [6, 6.07) is 9.98. The van der Waals surface area contributed by atoms with E-state index in [1.165, 1.54) is 0 Å². The van der Waals surface area contributed by atoms with E-state index in [9.17, 15) is 0 Å². The summed E-state index contributed by atoms with van der Waals surface area (Å²) in [5.41, 5.74) is 7.87. The number of nitrogen functional groups attached to an aromatic ring is 1. The van der Waals surface area contributed by atoms with Crippen molar-refractivity contribution in [2.24, 2.45) is 0 Å². The van der Waals surface area contributed by atoms with Gasteiger partial charge >= 0.3 is 0 Å². The lowest BCUT2D eigenvalue weighted by Gasteiger charge is -2.09. The third kappa shape index (κ3) is 2.97. The van der Waals surface area contributed by atoms with Gasteiger partial charge in [-0.25, -0.2) is 9.97 Å². The number of nitrogens with zero attached hydrogens (tertiary/aromatic N) is 2. The zero-order valence-electron chi connectivity index (χ0n) is 10.1. The van der Waals surface area contributed by atoms with Crippen LogP contribution in [0, 0.1) is 3.57 Å². The SMILES string of the molecule is COCCc1nc(N)c(I)c(-c2ccccc2)n1.